The third kappa shape index (κ3) is 1.93. The van der Waals surface area contributed by atoms with E-state index in [4.69, 9.17) is 10.5 Å². The summed E-state index contributed by atoms with van der Waals surface area (Å²) < 4.78 is 22.2. The second-order valence-electron chi connectivity index (χ2n) is 4.69. The maximum atomic E-state index is 13.4. The number of fused-ring (bicyclic) bond motifs is 1. The van der Waals surface area contributed by atoms with Crippen LogP contribution in [0.1, 0.15) is 12.6 Å². The normalized spacial score (nSPS) is 11.2. The van der Waals surface area contributed by atoms with E-state index in [9.17, 15) is 4.39 Å². The van der Waals surface area contributed by atoms with Gasteiger partial charge in [0.25, 0.3) is 0 Å². The van der Waals surface area contributed by atoms with Gasteiger partial charge in [-0.15, -0.1) is 0 Å². The average molecular weight is 289 g/mol. The molecule has 2 heterocycles. The SMILES string of the molecule is CCn1nc(C)c2nc(N)n(-c3ccc(F)cc3OC)c21. The molecule has 2 N–H and O–H groups in total. The number of aromatic nitrogens is 4. The molecule has 0 saturated heterocycles. The predicted molar refractivity (Wildman–Crippen MR) is 78.2 cm³/mol. The minimum atomic E-state index is -0.370. The van der Waals surface area contributed by atoms with Crippen LogP contribution in [-0.2, 0) is 6.54 Å². The zero-order valence-corrected chi connectivity index (χ0v) is 12.1. The van der Waals surface area contributed by atoms with Crippen LogP contribution in [0.5, 0.6) is 5.75 Å². The zero-order chi connectivity index (χ0) is 15.1. The largest absolute Gasteiger partial charge is 0.494 e. The number of imidazole rings is 1. The molecule has 21 heavy (non-hydrogen) atoms. The van der Waals surface area contributed by atoms with Crippen LogP contribution in [0.4, 0.5) is 10.3 Å². The van der Waals surface area contributed by atoms with Crippen LogP contribution in [0.15, 0.2) is 18.2 Å². The van der Waals surface area contributed by atoms with Crippen molar-refractivity contribution < 1.29 is 9.13 Å². The molecule has 1 aromatic carbocycles. The monoisotopic (exact) mass is 289 g/mol. The number of nitrogens with two attached hydrogens (primary N) is 1. The van der Waals surface area contributed by atoms with Crippen molar-refractivity contribution >= 4 is 17.1 Å². The van der Waals surface area contributed by atoms with Gasteiger partial charge in [-0.05, 0) is 26.0 Å². The summed E-state index contributed by atoms with van der Waals surface area (Å²) in [7, 11) is 1.49. The number of rotatable bonds is 3. The first-order valence-electron chi connectivity index (χ1n) is 6.62. The van der Waals surface area contributed by atoms with E-state index in [1.807, 2.05) is 18.5 Å². The van der Waals surface area contributed by atoms with Gasteiger partial charge in [0.05, 0.1) is 18.5 Å². The number of methoxy groups -OCH3 is 1. The van der Waals surface area contributed by atoms with Crippen molar-refractivity contribution in [2.75, 3.05) is 12.8 Å². The number of hydrogen-bond donors (Lipinski definition) is 1. The maximum Gasteiger partial charge on any atom is 0.207 e. The molecule has 6 nitrogen and oxygen atoms in total. The van der Waals surface area contributed by atoms with Gasteiger partial charge in [-0.3, -0.25) is 4.57 Å². The Morgan fingerprint density at radius 2 is 2.14 bits per heavy atom. The maximum absolute atomic E-state index is 13.4. The van der Waals surface area contributed by atoms with E-state index in [1.54, 1.807) is 10.6 Å². The summed E-state index contributed by atoms with van der Waals surface area (Å²) in [4.78, 5) is 4.36. The van der Waals surface area contributed by atoms with Crippen LogP contribution < -0.4 is 10.5 Å². The van der Waals surface area contributed by atoms with Crippen molar-refractivity contribution in [2.45, 2.75) is 20.4 Å². The highest BCUT2D eigenvalue weighted by atomic mass is 19.1. The lowest BCUT2D eigenvalue weighted by Gasteiger charge is -2.12. The van der Waals surface area contributed by atoms with Gasteiger partial charge in [-0.25, -0.2) is 14.1 Å². The Labute approximate surface area is 120 Å². The lowest BCUT2D eigenvalue weighted by atomic mass is 10.2. The number of nitrogens with zero attached hydrogens (tertiary/aromatic N) is 4. The van der Waals surface area contributed by atoms with E-state index in [0.717, 1.165) is 16.9 Å². The number of hydrogen-bond acceptors (Lipinski definition) is 4. The van der Waals surface area contributed by atoms with Gasteiger partial charge in [-0.1, -0.05) is 0 Å². The quantitative estimate of drug-likeness (QED) is 0.803. The molecule has 0 atom stereocenters. The first-order chi connectivity index (χ1) is 10.1. The van der Waals surface area contributed by atoms with Crippen LogP contribution in [-0.4, -0.2) is 26.4 Å². The summed E-state index contributed by atoms with van der Waals surface area (Å²) in [5.41, 5.74) is 8.99. The van der Waals surface area contributed by atoms with Crippen LogP contribution in [0, 0.1) is 12.7 Å². The smallest absolute Gasteiger partial charge is 0.207 e. The minimum absolute atomic E-state index is 0.317. The van der Waals surface area contributed by atoms with Gasteiger partial charge in [0.1, 0.15) is 17.1 Å². The number of halogens is 1. The Morgan fingerprint density at radius 1 is 1.38 bits per heavy atom. The molecule has 2 aromatic heterocycles. The molecule has 0 aliphatic carbocycles. The van der Waals surface area contributed by atoms with E-state index in [0.29, 0.717) is 23.9 Å². The standard InChI is InChI=1S/C14H16FN5O/c1-4-19-13-12(8(2)18-19)17-14(16)20(13)10-6-5-9(15)7-11(10)21-3/h5-7H,4H2,1-3H3,(H2,16,17). The Morgan fingerprint density at radius 3 is 2.81 bits per heavy atom. The molecule has 0 radical (unpaired) electrons. The summed E-state index contributed by atoms with van der Waals surface area (Å²) in [6.07, 6.45) is 0. The number of aryl methyl sites for hydroxylation is 2. The highest BCUT2D eigenvalue weighted by Crippen LogP contribution is 2.31. The molecule has 0 amide bonds. The van der Waals surface area contributed by atoms with Gasteiger partial charge < -0.3 is 10.5 Å². The second kappa shape index (κ2) is 4.76. The first-order valence-corrected chi connectivity index (χ1v) is 6.62. The van der Waals surface area contributed by atoms with Crippen molar-refractivity contribution in [3.8, 4) is 11.4 Å². The fourth-order valence-corrected chi connectivity index (χ4v) is 2.48. The first kappa shape index (κ1) is 13.4. The van der Waals surface area contributed by atoms with Gasteiger partial charge in [-0.2, -0.15) is 5.10 Å². The Bertz CT molecular complexity index is 820. The minimum Gasteiger partial charge on any atom is -0.494 e. The molecule has 0 aliphatic heterocycles. The Kier molecular flexibility index (Phi) is 3.04. The Hall–Kier alpha value is -2.57. The predicted octanol–water partition coefficient (Wildman–Crippen LogP) is 2.28. The fourth-order valence-electron chi connectivity index (χ4n) is 2.48. The molecule has 0 fully saturated rings. The van der Waals surface area contributed by atoms with Gasteiger partial charge >= 0.3 is 0 Å². The summed E-state index contributed by atoms with van der Waals surface area (Å²) >= 11 is 0. The molecular formula is C14H16FN5O. The van der Waals surface area contributed by atoms with Crippen molar-refractivity contribution in [1.82, 2.24) is 19.3 Å². The van der Waals surface area contributed by atoms with Gasteiger partial charge in [0, 0.05) is 12.6 Å². The van der Waals surface area contributed by atoms with Crippen molar-refractivity contribution in [3.63, 3.8) is 0 Å². The van der Waals surface area contributed by atoms with Gasteiger partial charge in [0.15, 0.2) is 5.65 Å². The molecule has 110 valence electrons. The zero-order valence-electron chi connectivity index (χ0n) is 12.1. The lowest BCUT2D eigenvalue weighted by Crippen LogP contribution is -2.08. The Balaban J connectivity index is 2.37. The summed E-state index contributed by atoms with van der Waals surface area (Å²) in [6.45, 7) is 4.55. The topological polar surface area (TPSA) is 70.9 Å². The van der Waals surface area contributed by atoms with Crippen LogP contribution >= 0.6 is 0 Å². The van der Waals surface area contributed by atoms with Crippen LogP contribution in [0.25, 0.3) is 16.9 Å². The van der Waals surface area contributed by atoms with Crippen molar-refractivity contribution in [1.29, 1.82) is 0 Å². The molecule has 0 aliphatic rings. The fraction of sp³-hybridized carbons (Fsp3) is 0.286. The van der Waals surface area contributed by atoms with Crippen LogP contribution in [0.3, 0.4) is 0 Å². The van der Waals surface area contributed by atoms with E-state index in [-0.39, 0.29) is 5.82 Å². The number of ether oxygens (including phenoxy) is 1. The van der Waals surface area contributed by atoms with Crippen molar-refractivity contribution in [2.24, 2.45) is 0 Å². The van der Waals surface area contributed by atoms with Crippen molar-refractivity contribution in [3.05, 3.63) is 29.7 Å². The van der Waals surface area contributed by atoms with E-state index >= 15 is 0 Å². The number of nitrogen functional groups attached to an aromatic ring is 1. The van der Waals surface area contributed by atoms with E-state index in [2.05, 4.69) is 10.1 Å². The van der Waals surface area contributed by atoms with Gasteiger partial charge in [0.2, 0.25) is 5.95 Å². The number of benzene rings is 1. The molecule has 3 aromatic rings. The molecule has 7 heteroatoms. The third-order valence-electron chi connectivity index (χ3n) is 3.42. The molecule has 0 saturated carbocycles. The molecule has 0 bridgehead atoms. The summed E-state index contributed by atoms with van der Waals surface area (Å²) in [5, 5.41) is 4.43. The highest BCUT2D eigenvalue weighted by molar-refractivity contribution is 5.80. The molecule has 3 rings (SSSR count). The summed E-state index contributed by atoms with van der Waals surface area (Å²) in [5.74, 6) is 0.339. The summed E-state index contributed by atoms with van der Waals surface area (Å²) in [6, 6.07) is 4.30. The van der Waals surface area contributed by atoms with Crippen LogP contribution in [0.2, 0.25) is 0 Å². The van der Waals surface area contributed by atoms with E-state index in [1.165, 1.54) is 19.2 Å². The molecule has 0 unspecified atom stereocenters. The van der Waals surface area contributed by atoms with E-state index < -0.39 is 0 Å². The molecular weight excluding hydrogens is 273 g/mol. The number of anilines is 1. The lowest BCUT2D eigenvalue weighted by molar-refractivity contribution is 0.409. The second-order valence-corrected chi connectivity index (χ2v) is 4.69. The average Bonchev–Trinajstić information content (AvgIpc) is 2.96. The highest BCUT2D eigenvalue weighted by Gasteiger charge is 2.20. The third-order valence-corrected chi connectivity index (χ3v) is 3.42. The molecule has 0 spiro atoms.